The summed E-state index contributed by atoms with van der Waals surface area (Å²) in [5.41, 5.74) is 2.10. The molecule has 0 atom stereocenters. The minimum absolute atomic E-state index is 0.00181. The number of hydrogen-bond acceptors (Lipinski definition) is 5. The quantitative estimate of drug-likeness (QED) is 0.510. The van der Waals surface area contributed by atoms with Gasteiger partial charge < -0.3 is 10.1 Å². The molecule has 0 unspecified atom stereocenters. The molecule has 1 aromatic heterocycles. The van der Waals surface area contributed by atoms with E-state index in [4.69, 9.17) is 4.74 Å². The van der Waals surface area contributed by atoms with Crippen molar-refractivity contribution < 1.29 is 9.53 Å². The molecule has 4 rings (SSSR count). The molecule has 0 bridgehead atoms. The number of carbonyl (C=O) groups excluding carboxylic acids is 1. The standard InChI is InChI=1S/C24H28N4O2S/c1-30-21-14-12-19(13-15-21)23-26-27-24(28(23)20-10-6-3-7-11-20)31-17-22(29)25-16-18-8-4-2-5-9-18/h2,4-5,8-9,12-15,20H,3,6-7,10-11,16-17H2,1H3,(H,25,29). The van der Waals surface area contributed by atoms with Crippen LogP contribution in [-0.2, 0) is 11.3 Å². The minimum atomic E-state index is -0.00181. The van der Waals surface area contributed by atoms with Crippen LogP contribution in [0.15, 0.2) is 59.8 Å². The van der Waals surface area contributed by atoms with Crippen LogP contribution in [0.5, 0.6) is 5.75 Å². The van der Waals surface area contributed by atoms with Gasteiger partial charge in [-0.25, -0.2) is 0 Å². The third kappa shape index (κ3) is 5.47. The van der Waals surface area contributed by atoms with Gasteiger partial charge in [-0.3, -0.25) is 9.36 Å². The molecule has 2 aromatic carbocycles. The average Bonchev–Trinajstić information content (AvgIpc) is 3.26. The summed E-state index contributed by atoms with van der Waals surface area (Å²) in [7, 11) is 1.66. The Hall–Kier alpha value is -2.80. The highest BCUT2D eigenvalue weighted by atomic mass is 32.2. The van der Waals surface area contributed by atoms with E-state index in [1.807, 2.05) is 54.6 Å². The van der Waals surface area contributed by atoms with Gasteiger partial charge in [0.25, 0.3) is 0 Å². The minimum Gasteiger partial charge on any atom is -0.497 e. The molecule has 1 heterocycles. The monoisotopic (exact) mass is 436 g/mol. The lowest BCUT2D eigenvalue weighted by Crippen LogP contribution is -2.25. The Morgan fingerprint density at radius 2 is 1.81 bits per heavy atom. The highest BCUT2D eigenvalue weighted by molar-refractivity contribution is 7.99. The number of benzene rings is 2. The Labute approximate surface area is 187 Å². The molecule has 1 amide bonds. The van der Waals surface area contributed by atoms with Crippen molar-refractivity contribution in [1.29, 1.82) is 0 Å². The van der Waals surface area contributed by atoms with Gasteiger partial charge in [-0.05, 0) is 42.7 Å². The molecular weight excluding hydrogens is 408 g/mol. The van der Waals surface area contributed by atoms with Crippen molar-refractivity contribution in [3.05, 3.63) is 60.2 Å². The summed E-state index contributed by atoms with van der Waals surface area (Å²) in [5, 5.41) is 12.8. The van der Waals surface area contributed by atoms with E-state index in [0.29, 0.717) is 18.3 Å². The molecule has 6 nitrogen and oxygen atoms in total. The Morgan fingerprint density at radius 1 is 1.06 bits per heavy atom. The summed E-state index contributed by atoms with van der Waals surface area (Å²) in [5.74, 6) is 2.00. The molecule has 31 heavy (non-hydrogen) atoms. The van der Waals surface area contributed by atoms with Crippen molar-refractivity contribution in [2.45, 2.75) is 49.8 Å². The van der Waals surface area contributed by atoms with Crippen LogP contribution in [0.4, 0.5) is 0 Å². The number of carbonyl (C=O) groups is 1. The molecule has 1 N–H and O–H groups in total. The number of hydrogen-bond donors (Lipinski definition) is 1. The largest absolute Gasteiger partial charge is 0.497 e. The molecular formula is C24H28N4O2S. The van der Waals surface area contributed by atoms with E-state index in [2.05, 4.69) is 20.1 Å². The van der Waals surface area contributed by atoms with Crippen LogP contribution < -0.4 is 10.1 Å². The van der Waals surface area contributed by atoms with Crippen molar-refractivity contribution in [3.63, 3.8) is 0 Å². The fourth-order valence-corrected chi connectivity index (χ4v) is 4.79. The van der Waals surface area contributed by atoms with Gasteiger partial charge in [-0.15, -0.1) is 10.2 Å². The van der Waals surface area contributed by atoms with E-state index in [9.17, 15) is 4.79 Å². The maximum atomic E-state index is 12.4. The van der Waals surface area contributed by atoms with Crippen molar-refractivity contribution in [3.8, 4) is 17.1 Å². The van der Waals surface area contributed by atoms with E-state index in [-0.39, 0.29) is 5.91 Å². The number of rotatable bonds is 8. The first-order valence-corrected chi connectivity index (χ1v) is 11.8. The molecule has 1 aliphatic carbocycles. The predicted octanol–water partition coefficient (Wildman–Crippen LogP) is 4.87. The second kappa shape index (κ2) is 10.5. The molecule has 162 valence electrons. The van der Waals surface area contributed by atoms with Gasteiger partial charge in [-0.2, -0.15) is 0 Å². The first-order valence-electron chi connectivity index (χ1n) is 10.8. The second-order valence-corrected chi connectivity index (χ2v) is 8.69. The van der Waals surface area contributed by atoms with Crippen LogP contribution in [0, 0.1) is 0 Å². The molecule has 7 heteroatoms. The number of aromatic nitrogens is 3. The molecule has 0 spiro atoms. The summed E-state index contributed by atoms with van der Waals surface area (Å²) < 4.78 is 7.53. The number of nitrogens with one attached hydrogen (secondary N) is 1. The van der Waals surface area contributed by atoms with E-state index in [1.54, 1.807) is 7.11 Å². The number of amides is 1. The van der Waals surface area contributed by atoms with Gasteiger partial charge in [0, 0.05) is 18.2 Å². The maximum absolute atomic E-state index is 12.4. The number of methoxy groups -OCH3 is 1. The predicted molar refractivity (Wildman–Crippen MR) is 123 cm³/mol. The third-order valence-electron chi connectivity index (χ3n) is 5.62. The SMILES string of the molecule is COc1ccc(-c2nnc(SCC(=O)NCc3ccccc3)n2C2CCCCC2)cc1. The van der Waals surface area contributed by atoms with Crippen molar-refractivity contribution in [2.75, 3.05) is 12.9 Å². The third-order valence-corrected chi connectivity index (χ3v) is 6.56. The topological polar surface area (TPSA) is 69.0 Å². The van der Waals surface area contributed by atoms with Crippen molar-refractivity contribution >= 4 is 17.7 Å². The first-order chi connectivity index (χ1) is 15.2. The second-order valence-electron chi connectivity index (χ2n) is 7.75. The van der Waals surface area contributed by atoms with Gasteiger partial charge in [0.05, 0.1) is 12.9 Å². The van der Waals surface area contributed by atoms with E-state index < -0.39 is 0 Å². The summed E-state index contributed by atoms with van der Waals surface area (Å²) in [6, 6.07) is 18.2. The molecule has 0 radical (unpaired) electrons. The highest BCUT2D eigenvalue weighted by Crippen LogP contribution is 2.35. The molecule has 1 saturated carbocycles. The van der Waals surface area contributed by atoms with Crippen LogP contribution >= 0.6 is 11.8 Å². The van der Waals surface area contributed by atoms with Crippen molar-refractivity contribution in [2.24, 2.45) is 0 Å². The lowest BCUT2D eigenvalue weighted by atomic mass is 9.95. The van der Waals surface area contributed by atoms with Crippen molar-refractivity contribution in [1.82, 2.24) is 20.1 Å². The van der Waals surface area contributed by atoms with Crippen LogP contribution in [0.3, 0.4) is 0 Å². The van der Waals surface area contributed by atoms with Crippen LogP contribution in [-0.4, -0.2) is 33.5 Å². The smallest absolute Gasteiger partial charge is 0.230 e. The zero-order chi connectivity index (χ0) is 21.5. The Morgan fingerprint density at radius 3 is 2.52 bits per heavy atom. The zero-order valence-corrected chi connectivity index (χ0v) is 18.6. The van der Waals surface area contributed by atoms with Gasteiger partial charge in [-0.1, -0.05) is 61.4 Å². The summed E-state index contributed by atoms with van der Waals surface area (Å²) in [6.45, 7) is 0.534. The van der Waals surface area contributed by atoms with Crippen LogP contribution in [0.1, 0.15) is 43.7 Å². The first kappa shape index (κ1) is 21.4. The van der Waals surface area contributed by atoms with Gasteiger partial charge in [0.15, 0.2) is 11.0 Å². The summed E-state index contributed by atoms with van der Waals surface area (Å²) >= 11 is 1.46. The van der Waals surface area contributed by atoms with E-state index in [1.165, 1.54) is 31.0 Å². The van der Waals surface area contributed by atoms with E-state index in [0.717, 1.165) is 40.7 Å². The molecule has 3 aromatic rings. The van der Waals surface area contributed by atoms with Gasteiger partial charge in [0.1, 0.15) is 5.75 Å². The average molecular weight is 437 g/mol. The normalized spacial score (nSPS) is 14.4. The van der Waals surface area contributed by atoms with Crippen LogP contribution in [0.2, 0.25) is 0 Å². The molecule has 0 aliphatic heterocycles. The van der Waals surface area contributed by atoms with Gasteiger partial charge in [0.2, 0.25) is 5.91 Å². The van der Waals surface area contributed by atoms with Gasteiger partial charge >= 0.3 is 0 Å². The van der Waals surface area contributed by atoms with E-state index >= 15 is 0 Å². The zero-order valence-electron chi connectivity index (χ0n) is 17.8. The fourth-order valence-electron chi connectivity index (χ4n) is 3.96. The lowest BCUT2D eigenvalue weighted by Gasteiger charge is -2.25. The summed E-state index contributed by atoms with van der Waals surface area (Å²) in [6.07, 6.45) is 5.95. The Kier molecular flexibility index (Phi) is 7.25. The number of nitrogens with zero attached hydrogens (tertiary/aromatic N) is 3. The molecule has 1 fully saturated rings. The maximum Gasteiger partial charge on any atom is 0.230 e. The highest BCUT2D eigenvalue weighted by Gasteiger charge is 2.24. The Balaban J connectivity index is 1.48. The molecule has 1 aliphatic rings. The number of thioether (sulfide) groups is 1. The molecule has 0 saturated heterocycles. The summed E-state index contributed by atoms with van der Waals surface area (Å²) in [4.78, 5) is 12.4. The fraction of sp³-hybridized carbons (Fsp3) is 0.375. The lowest BCUT2D eigenvalue weighted by molar-refractivity contribution is -0.118. The Bertz CT molecular complexity index is 983. The number of ether oxygens (including phenoxy) is 1. The van der Waals surface area contributed by atoms with Crippen LogP contribution in [0.25, 0.3) is 11.4 Å².